The van der Waals surface area contributed by atoms with E-state index in [9.17, 15) is 13.2 Å². The van der Waals surface area contributed by atoms with Gasteiger partial charge in [-0.25, -0.2) is 0 Å². The molecule has 0 aromatic heterocycles. The van der Waals surface area contributed by atoms with Crippen LogP contribution in [0.25, 0.3) is 0 Å². The lowest BCUT2D eigenvalue weighted by Gasteiger charge is -2.35. The maximum atomic E-state index is 12.0. The second-order valence-corrected chi connectivity index (χ2v) is 4.61. The van der Waals surface area contributed by atoms with E-state index < -0.39 is 6.36 Å². The van der Waals surface area contributed by atoms with Gasteiger partial charge in [-0.3, -0.25) is 0 Å². The fraction of sp³-hybridized carbons (Fsp3) is 0.462. The zero-order chi connectivity index (χ0) is 13.2. The summed E-state index contributed by atoms with van der Waals surface area (Å²) in [6, 6.07) is 8.04. The van der Waals surface area contributed by atoms with Crippen LogP contribution in [-0.2, 0) is 6.42 Å². The van der Waals surface area contributed by atoms with Crippen LogP contribution in [0.1, 0.15) is 24.8 Å². The van der Waals surface area contributed by atoms with Crippen LogP contribution in [0.15, 0.2) is 24.3 Å². The number of hydrogen-bond acceptors (Lipinski definition) is 2. The first-order valence-corrected chi connectivity index (χ1v) is 5.68. The van der Waals surface area contributed by atoms with E-state index in [-0.39, 0.29) is 11.2 Å². The van der Waals surface area contributed by atoms with Gasteiger partial charge in [-0.1, -0.05) is 18.6 Å². The summed E-state index contributed by atoms with van der Waals surface area (Å²) in [7, 11) is 0. The highest BCUT2D eigenvalue weighted by Crippen LogP contribution is 2.43. The molecule has 18 heavy (non-hydrogen) atoms. The van der Waals surface area contributed by atoms with Gasteiger partial charge < -0.3 is 4.74 Å². The largest absolute Gasteiger partial charge is 0.573 e. The molecule has 0 atom stereocenters. The monoisotopic (exact) mass is 255 g/mol. The molecule has 0 saturated heterocycles. The third kappa shape index (κ3) is 2.95. The van der Waals surface area contributed by atoms with E-state index in [1.807, 2.05) is 0 Å². The molecule has 0 N–H and O–H groups in total. The van der Waals surface area contributed by atoms with E-state index in [4.69, 9.17) is 5.26 Å². The number of ether oxygens (including phenoxy) is 1. The third-order valence-electron chi connectivity index (χ3n) is 3.25. The van der Waals surface area contributed by atoms with Gasteiger partial charge in [-0.2, -0.15) is 5.26 Å². The van der Waals surface area contributed by atoms with Crippen molar-refractivity contribution in [3.8, 4) is 11.8 Å². The summed E-state index contributed by atoms with van der Waals surface area (Å²) in [5, 5.41) is 9.08. The smallest absolute Gasteiger partial charge is 0.406 e. The van der Waals surface area contributed by atoms with Gasteiger partial charge in [0.15, 0.2) is 0 Å². The minimum absolute atomic E-state index is 0.231. The molecule has 5 heteroatoms. The minimum atomic E-state index is -4.66. The van der Waals surface area contributed by atoms with Crippen molar-refractivity contribution in [3.63, 3.8) is 0 Å². The predicted molar refractivity (Wildman–Crippen MR) is 58.7 cm³/mol. The predicted octanol–water partition coefficient (Wildman–Crippen LogP) is 3.82. The molecule has 0 bridgehead atoms. The van der Waals surface area contributed by atoms with E-state index in [1.54, 1.807) is 12.1 Å². The van der Waals surface area contributed by atoms with Crippen LogP contribution in [0.3, 0.4) is 0 Å². The lowest BCUT2D eigenvalue weighted by Crippen LogP contribution is -2.29. The average molecular weight is 255 g/mol. The Hall–Kier alpha value is -1.70. The zero-order valence-corrected chi connectivity index (χ0v) is 9.63. The molecule has 2 nitrogen and oxygen atoms in total. The summed E-state index contributed by atoms with van der Waals surface area (Å²) < 4.78 is 39.7. The Morgan fingerprint density at radius 3 is 2.22 bits per heavy atom. The molecular formula is C13H12F3NO. The Bertz CT molecular complexity index is 455. The van der Waals surface area contributed by atoms with Gasteiger partial charge in [0.1, 0.15) is 5.75 Å². The van der Waals surface area contributed by atoms with Gasteiger partial charge >= 0.3 is 6.36 Å². The van der Waals surface area contributed by atoms with Gasteiger partial charge in [0.25, 0.3) is 0 Å². The molecular weight excluding hydrogens is 243 g/mol. The summed E-state index contributed by atoms with van der Waals surface area (Å²) in [5.74, 6) is -0.231. The lowest BCUT2D eigenvalue weighted by atomic mass is 9.66. The Balaban J connectivity index is 2.02. The fourth-order valence-corrected chi connectivity index (χ4v) is 2.13. The number of rotatable bonds is 3. The van der Waals surface area contributed by atoms with Crippen molar-refractivity contribution in [2.45, 2.75) is 32.0 Å². The topological polar surface area (TPSA) is 33.0 Å². The van der Waals surface area contributed by atoms with Crippen molar-refractivity contribution in [2.75, 3.05) is 0 Å². The number of halogens is 3. The number of hydrogen-bond donors (Lipinski definition) is 0. The first kappa shape index (κ1) is 12.7. The maximum absolute atomic E-state index is 12.0. The van der Waals surface area contributed by atoms with Crippen LogP contribution in [0, 0.1) is 16.7 Å². The van der Waals surface area contributed by atoms with Crippen molar-refractivity contribution in [2.24, 2.45) is 5.41 Å². The molecule has 1 aliphatic rings. The number of alkyl halides is 3. The van der Waals surface area contributed by atoms with Crippen LogP contribution in [-0.4, -0.2) is 6.36 Å². The van der Waals surface area contributed by atoms with Crippen molar-refractivity contribution < 1.29 is 17.9 Å². The standard InChI is InChI=1S/C13H12F3NO/c14-13(15,16)18-11-4-2-10(3-5-11)8-12(9-17)6-1-7-12/h2-5H,1,6-8H2. The highest BCUT2D eigenvalue weighted by atomic mass is 19.4. The van der Waals surface area contributed by atoms with E-state index in [0.717, 1.165) is 24.8 Å². The van der Waals surface area contributed by atoms with Crippen molar-refractivity contribution in [1.82, 2.24) is 0 Å². The number of nitrogens with zero attached hydrogens (tertiary/aromatic N) is 1. The highest BCUT2D eigenvalue weighted by molar-refractivity contribution is 5.29. The molecule has 1 aromatic rings. The van der Waals surface area contributed by atoms with Gasteiger partial charge in [0, 0.05) is 0 Å². The SMILES string of the molecule is N#CC1(Cc2ccc(OC(F)(F)F)cc2)CCC1. The molecule has 0 spiro atoms. The van der Waals surface area contributed by atoms with E-state index in [1.165, 1.54) is 12.1 Å². The quantitative estimate of drug-likeness (QED) is 0.822. The second-order valence-electron chi connectivity index (χ2n) is 4.61. The first-order valence-electron chi connectivity index (χ1n) is 5.68. The third-order valence-corrected chi connectivity index (χ3v) is 3.25. The van der Waals surface area contributed by atoms with Crippen molar-refractivity contribution in [1.29, 1.82) is 5.26 Å². The normalized spacial score (nSPS) is 17.7. The molecule has 1 aliphatic carbocycles. The van der Waals surface area contributed by atoms with Crippen LogP contribution < -0.4 is 4.74 Å². The number of nitriles is 1. The highest BCUT2D eigenvalue weighted by Gasteiger charge is 2.37. The van der Waals surface area contributed by atoms with Gasteiger partial charge in [0.2, 0.25) is 0 Å². The Kier molecular flexibility index (Phi) is 3.20. The summed E-state index contributed by atoms with van der Waals surface area (Å²) in [6.45, 7) is 0. The molecule has 1 fully saturated rings. The summed E-state index contributed by atoms with van der Waals surface area (Å²) in [6.07, 6.45) is -1.30. The van der Waals surface area contributed by atoms with E-state index >= 15 is 0 Å². The summed E-state index contributed by atoms with van der Waals surface area (Å²) in [4.78, 5) is 0. The minimum Gasteiger partial charge on any atom is -0.406 e. The molecule has 2 rings (SSSR count). The first-order chi connectivity index (χ1) is 8.42. The number of benzene rings is 1. The molecule has 0 heterocycles. The summed E-state index contributed by atoms with van der Waals surface area (Å²) in [5.41, 5.74) is 0.553. The lowest BCUT2D eigenvalue weighted by molar-refractivity contribution is -0.274. The van der Waals surface area contributed by atoms with Crippen molar-refractivity contribution >= 4 is 0 Å². The van der Waals surface area contributed by atoms with Crippen molar-refractivity contribution in [3.05, 3.63) is 29.8 Å². The van der Waals surface area contributed by atoms with Crippen LogP contribution in [0.2, 0.25) is 0 Å². The Morgan fingerprint density at radius 1 is 1.22 bits per heavy atom. The van der Waals surface area contributed by atoms with E-state index in [2.05, 4.69) is 10.8 Å². The molecule has 96 valence electrons. The second kappa shape index (κ2) is 4.52. The Labute approximate surface area is 103 Å². The zero-order valence-electron chi connectivity index (χ0n) is 9.63. The maximum Gasteiger partial charge on any atom is 0.573 e. The fourth-order valence-electron chi connectivity index (χ4n) is 2.13. The van der Waals surface area contributed by atoms with Gasteiger partial charge in [0.05, 0.1) is 11.5 Å². The van der Waals surface area contributed by atoms with Crippen LogP contribution in [0.4, 0.5) is 13.2 Å². The van der Waals surface area contributed by atoms with Gasteiger partial charge in [-0.05, 0) is 37.0 Å². The average Bonchev–Trinajstić information content (AvgIpc) is 2.24. The van der Waals surface area contributed by atoms with Crippen LogP contribution >= 0.6 is 0 Å². The molecule has 1 saturated carbocycles. The molecule has 0 amide bonds. The molecule has 1 aromatic carbocycles. The van der Waals surface area contributed by atoms with E-state index in [0.29, 0.717) is 6.42 Å². The molecule has 0 radical (unpaired) electrons. The molecule has 0 aliphatic heterocycles. The van der Waals surface area contributed by atoms with Crippen LogP contribution in [0.5, 0.6) is 5.75 Å². The molecule has 0 unspecified atom stereocenters. The Morgan fingerprint density at radius 2 is 1.83 bits per heavy atom. The summed E-state index contributed by atoms with van der Waals surface area (Å²) >= 11 is 0. The van der Waals surface area contributed by atoms with Gasteiger partial charge in [-0.15, -0.1) is 13.2 Å².